The lowest BCUT2D eigenvalue weighted by molar-refractivity contribution is 0.236. The first kappa shape index (κ1) is 16.1. The third-order valence-electron chi connectivity index (χ3n) is 3.66. The third kappa shape index (κ3) is 4.38. The summed E-state index contributed by atoms with van der Waals surface area (Å²) in [5.41, 5.74) is 1.08. The van der Waals surface area contributed by atoms with Crippen LogP contribution in [0.2, 0.25) is 0 Å². The lowest BCUT2D eigenvalue weighted by Crippen LogP contribution is -2.40. The van der Waals surface area contributed by atoms with E-state index in [1.165, 1.54) is 0 Å². The van der Waals surface area contributed by atoms with Crippen LogP contribution in [-0.2, 0) is 6.54 Å². The van der Waals surface area contributed by atoms with Crippen molar-refractivity contribution in [2.45, 2.75) is 39.3 Å². The normalized spacial score (nSPS) is 12.0. The minimum Gasteiger partial charge on any atom is -0.497 e. The van der Waals surface area contributed by atoms with E-state index in [1.54, 1.807) is 7.11 Å². The monoisotopic (exact) mass is 300 g/mol. The molecule has 22 heavy (non-hydrogen) atoms. The van der Waals surface area contributed by atoms with Gasteiger partial charge in [-0.25, -0.2) is 4.79 Å². The van der Waals surface area contributed by atoms with Crippen molar-refractivity contribution in [1.29, 1.82) is 0 Å². The van der Waals surface area contributed by atoms with E-state index >= 15 is 0 Å². The summed E-state index contributed by atoms with van der Waals surface area (Å²) in [5, 5.41) is 8.11. The first-order chi connectivity index (χ1) is 10.6. The SMILES string of the molecule is CCC[C@H](C)NC(=O)NCc1ccc2cc(OC)ccc2c1. The summed E-state index contributed by atoms with van der Waals surface area (Å²) in [6.07, 6.45) is 2.06. The molecule has 0 bridgehead atoms. The Labute approximate surface area is 131 Å². The Morgan fingerprint density at radius 1 is 1.18 bits per heavy atom. The summed E-state index contributed by atoms with van der Waals surface area (Å²) in [7, 11) is 1.66. The van der Waals surface area contributed by atoms with Crippen molar-refractivity contribution in [1.82, 2.24) is 10.6 Å². The molecule has 0 aromatic heterocycles. The van der Waals surface area contributed by atoms with Gasteiger partial charge in [0.2, 0.25) is 0 Å². The zero-order valence-electron chi connectivity index (χ0n) is 13.5. The quantitative estimate of drug-likeness (QED) is 0.851. The Morgan fingerprint density at radius 3 is 2.64 bits per heavy atom. The van der Waals surface area contributed by atoms with Gasteiger partial charge in [-0.05, 0) is 47.9 Å². The van der Waals surface area contributed by atoms with Crippen LogP contribution in [0, 0.1) is 0 Å². The van der Waals surface area contributed by atoms with Crippen LogP contribution in [0.25, 0.3) is 10.8 Å². The molecule has 2 N–H and O–H groups in total. The highest BCUT2D eigenvalue weighted by Crippen LogP contribution is 2.21. The number of nitrogens with one attached hydrogen (secondary N) is 2. The fraction of sp³-hybridized carbons (Fsp3) is 0.389. The number of methoxy groups -OCH3 is 1. The molecule has 2 aromatic carbocycles. The maximum absolute atomic E-state index is 11.8. The van der Waals surface area contributed by atoms with Gasteiger partial charge >= 0.3 is 6.03 Å². The van der Waals surface area contributed by atoms with E-state index in [4.69, 9.17) is 4.74 Å². The van der Waals surface area contributed by atoms with E-state index in [0.717, 1.165) is 34.9 Å². The Bertz CT molecular complexity index is 640. The van der Waals surface area contributed by atoms with E-state index in [-0.39, 0.29) is 12.1 Å². The second-order valence-electron chi connectivity index (χ2n) is 5.56. The number of hydrogen-bond acceptors (Lipinski definition) is 2. The Hall–Kier alpha value is -2.23. The topological polar surface area (TPSA) is 50.4 Å². The molecule has 4 nitrogen and oxygen atoms in total. The summed E-state index contributed by atoms with van der Waals surface area (Å²) in [6.45, 7) is 4.65. The molecule has 0 spiro atoms. The van der Waals surface area contributed by atoms with Crippen molar-refractivity contribution in [2.75, 3.05) is 7.11 Å². The predicted octanol–water partition coefficient (Wildman–Crippen LogP) is 3.84. The lowest BCUT2D eigenvalue weighted by Gasteiger charge is -2.14. The van der Waals surface area contributed by atoms with Crippen molar-refractivity contribution < 1.29 is 9.53 Å². The van der Waals surface area contributed by atoms with Crippen LogP contribution < -0.4 is 15.4 Å². The lowest BCUT2D eigenvalue weighted by atomic mass is 10.1. The van der Waals surface area contributed by atoms with E-state index < -0.39 is 0 Å². The Kier molecular flexibility index (Phi) is 5.64. The van der Waals surface area contributed by atoms with E-state index in [9.17, 15) is 4.79 Å². The van der Waals surface area contributed by atoms with E-state index in [0.29, 0.717) is 6.54 Å². The molecule has 0 fully saturated rings. The third-order valence-corrected chi connectivity index (χ3v) is 3.66. The highest BCUT2D eigenvalue weighted by Gasteiger charge is 2.06. The van der Waals surface area contributed by atoms with Crippen molar-refractivity contribution in [3.63, 3.8) is 0 Å². The number of ether oxygens (including phenoxy) is 1. The van der Waals surface area contributed by atoms with Gasteiger partial charge in [-0.2, -0.15) is 0 Å². The fourth-order valence-corrected chi connectivity index (χ4v) is 2.47. The molecule has 0 aliphatic rings. The molecule has 0 aliphatic carbocycles. The minimum atomic E-state index is -0.115. The maximum atomic E-state index is 11.8. The predicted molar refractivity (Wildman–Crippen MR) is 90.2 cm³/mol. The van der Waals surface area contributed by atoms with Gasteiger partial charge in [0.05, 0.1) is 7.11 Å². The fourth-order valence-electron chi connectivity index (χ4n) is 2.47. The van der Waals surface area contributed by atoms with Gasteiger partial charge in [-0.15, -0.1) is 0 Å². The second-order valence-corrected chi connectivity index (χ2v) is 5.56. The molecule has 0 heterocycles. The molecule has 118 valence electrons. The molecule has 2 amide bonds. The van der Waals surface area contributed by atoms with Gasteiger partial charge < -0.3 is 15.4 Å². The molecule has 0 aliphatic heterocycles. The van der Waals surface area contributed by atoms with Crippen LogP contribution in [-0.4, -0.2) is 19.2 Å². The first-order valence-corrected chi connectivity index (χ1v) is 7.73. The van der Waals surface area contributed by atoms with Gasteiger partial charge in [0.15, 0.2) is 0 Å². The molecule has 0 saturated heterocycles. The highest BCUT2D eigenvalue weighted by atomic mass is 16.5. The van der Waals surface area contributed by atoms with E-state index in [2.05, 4.69) is 23.6 Å². The number of fused-ring (bicyclic) bond motifs is 1. The molecule has 2 rings (SSSR count). The standard InChI is InChI=1S/C18H24N2O2/c1-4-5-13(2)20-18(21)19-12-14-6-7-16-11-17(22-3)9-8-15(16)10-14/h6-11,13H,4-5,12H2,1-3H3,(H2,19,20,21)/t13-/m0/s1. The summed E-state index contributed by atoms with van der Waals surface area (Å²) < 4.78 is 5.22. The summed E-state index contributed by atoms with van der Waals surface area (Å²) >= 11 is 0. The number of amides is 2. The van der Waals surface area contributed by atoms with Crippen molar-refractivity contribution in [2.24, 2.45) is 0 Å². The second kappa shape index (κ2) is 7.69. The van der Waals surface area contributed by atoms with Gasteiger partial charge in [0.1, 0.15) is 5.75 Å². The van der Waals surface area contributed by atoms with Crippen LogP contribution in [0.4, 0.5) is 4.79 Å². The number of hydrogen-bond donors (Lipinski definition) is 2. The summed E-state index contributed by atoms with van der Waals surface area (Å²) in [4.78, 5) is 11.8. The van der Waals surface area contributed by atoms with Gasteiger partial charge in [0.25, 0.3) is 0 Å². The number of urea groups is 1. The molecule has 4 heteroatoms. The number of benzene rings is 2. The number of carbonyl (C=O) groups excluding carboxylic acids is 1. The minimum absolute atomic E-state index is 0.115. The van der Waals surface area contributed by atoms with Crippen molar-refractivity contribution in [3.8, 4) is 5.75 Å². The van der Waals surface area contributed by atoms with Crippen molar-refractivity contribution >= 4 is 16.8 Å². The maximum Gasteiger partial charge on any atom is 0.315 e. The van der Waals surface area contributed by atoms with E-state index in [1.807, 2.05) is 37.3 Å². The molecule has 2 aromatic rings. The molecule has 1 atom stereocenters. The van der Waals surface area contributed by atoms with Crippen LogP contribution in [0.5, 0.6) is 5.75 Å². The van der Waals surface area contributed by atoms with Crippen LogP contribution in [0.15, 0.2) is 36.4 Å². The van der Waals surface area contributed by atoms with Crippen molar-refractivity contribution in [3.05, 3.63) is 42.0 Å². The van der Waals surface area contributed by atoms with Gasteiger partial charge in [-0.1, -0.05) is 31.5 Å². The molecular weight excluding hydrogens is 276 g/mol. The average Bonchev–Trinajstić information content (AvgIpc) is 2.52. The number of rotatable bonds is 6. The largest absolute Gasteiger partial charge is 0.497 e. The highest BCUT2D eigenvalue weighted by molar-refractivity contribution is 5.84. The zero-order chi connectivity index (χ0) is 15.9. The number of carbonyl (C=O) groups is 1. The zero-order valence-corrected chi connectivity index (χ0v) is 13.5. The van der Waals surface area contributed by atoms with Crippen LogP contribution in [0.1, 0.15) is 32.3 Å². The smallest absolute Gasteiger partial charge is 0.315 e. The summed E-state index contributed by atoms with van der Waals surface area (Å²) in [5.74, 6) is 0.850. The Balaban J connectivity index is 1.96. The average molecular weight is 300 g/mol. The molecular formula is C18H24N2O2. The van der Waals surface area contributed by atoms with Crippen LogP contribution >= 0.6 is 0 Å². The molecule has 0 saturated carbocycles. The van der Waals surface area contributed by atoms with Gasteiger partial charge in [-0.3, -0.25) is 0 Å². The summed E-state index contributed by atoms with van der Waals surface area (Å²) in [6, 6.07) is 12.2. The molecule has 0 radical (unpaired) electrons. The van der Waals surface area contributed by atoms with Gasteiger partial charge in [0, 0.05) is 12.6 Å². The first-order valence-electron chi connectivity index (χ1n) is 7.73. The van der Waals surface area contributed by atoms with Crippen LogP contribution in [0.3, 0.4) is 0 Å². The molecule has 0 unspecified atom stereocenters. The Morgan fingerprint density at radius 2 is 1.91 bits per heavy atom.